The van der Waals surface area contributed by atoms with Crippen molar-refractivity contribution in [2.24, 2.45) is 5.92 Å². The quantitative estimate of drug-likeness (QED) is 0.834. The maximum atomic E-state index is 11.6. The molecule has 1 N–H and O–H groups in total. The first kappa shape index (κ1) is 12.7. The minimum atomic E-state index is 0.0556. The molecule has 0 saturated heterocycles. The number of rotatable bonds is 5. The van der Waals surface area contributed by atoms with Crippen molar-refractivity contribution in [2.75, 3.05) is 5.32 Å². The molecule has 4 nitrogen and oxygen atoms in total. The van der Waals surface area contributed by atoms with Gasteiger partial charge in [0.05, 0.1) is 12.2 Å². The van der Waals surface area contributed by atoms with Gasteiger partial charge in [-0.05, 0) is 19.3 Å². The Morgan fingerprint density at radius 2 is 2.19 bits per heavy atom. The molecule has 4 heteroatoms. The Morgan fingerprint density at radius 3 is 2.75 bits per heavy atom. The van der Waals surface area contributed by atoms with Crippen molar-refractivity contribution in [2.45, 2.75) is 46.6 Å². The van der Waals surface area contributed by atoms with Gasteiger partial charge in [0, 0.05) is 12.5 Å². The van der Waals surface area contributed by atoms with Crippen LogP contribution < -0.4 is 5.32 Å². The first-order valence-electron chi connectivity index (χ1n) is 5.88. The van der Waals surface area contributed by atoms with E-state index in [1.165, 1.54) is 0 Å². The fraction of sp³-hybridized carbons (Fsp3) is 0.667. The Labute approximate surface area is 97.0 Å². The molecule has 90 valence electrons. The zero-order valence-electron chi connectivity index (χ0n) is 10.5. The van der Waals surface area contributed by atoms with Gasteiger partial charge in [-0.15, -0.1) is 0 Å². The van der Waals surface area contributed by atoms with Crippen molar-refractivity contribution >= 4 is 11.7 Å². The van der Waals surface area contributed by atoms with Gasteiger partial charge in [-0.3, -0.25) is 4.79 Å². The Bertz CT molecular complexity index is 344. The molecule has 0 fully saturated rings. The molecule has 1 heterocycles. The van der Waals surface area contributed by atoms with Gasteiger partial charge >= 0.3 is 0 Å². The number of aromatic nitrogens is 2. The van der Waals surface area contributed by atoms with Crippen molar-refractivity contribution in [1.82, 2.24) is 9.78 Å². The molecule has 1 atom stereocenters. The monoisotopic (exact) mass is 223 g/mol. The molecule has 0 spiro atoms. The van der Waals surface area contributed by atoms with E-state index in [-0.39, 0.29) is 5.91 Å². The van der Waals surface area contributed by atoms with Crippen LogP contribution in [0, 0.1) is 5.92 Å². The van der Waals surface area contributed by atoms with Crippen LogP contribution >= 0.6 is 0 Å². The molecule has 0 aliphatic heterocycles. The van der Waals surface area contributed by atoms with Crippen LogP contribution in [0.5, 0.6) is 0 Å². The topological polar surface area (TPSA) is 46.9 Å². The molecule has 1 aromatic heterocycles. The van der Waals surface area contributed by atoms with E-state index >= 15 is 0 Å². The zero-order chi connectivity index (χ0) is 12.1. The zero-order valence-corrected chi connectivity index (χ0v) is 10.5. The Hall–Kier alpha value is -1.32. The number of hydrogen-bond donors (Lipinski definition) is 1. The van der Waals surface area contributed by atoms with Crippen LogP contribution in [0.3, 0.4) is 0 Å². The van der Waals surface area contributed by atoms with Crippen LogP contribution in [0.1, 0.15) is 46.6 Å². The molecule has 0 radical (unpaired) electrons. The summed E-state index contributed by atoms with van der Waals surface area (Å²) in [5.74, 6) is 1.22. The average Bonchev–Trinajstić information content (AvgIpc) is 2.63. The maximum absolute atomic E-state index is 11.6. The predicted octanol–water partition coefficient (Wildman–Crippen LogP) is 2.84. The lowest BCUT2D eigenvalue weighted by Crippen LogP contribution is -2.18. The third kappa shape index (κ3) is 3.36. The minimum Gasteiger partial charge on any atom is -0.311 e. The Balaban J connectivity index is 2.67. The van der Waals surface area contributed by atoms with Gasteiger partial charge in [0.2, 0.25) is 5.91 Å². The van der Waals surface area contributed by atoms with Gasteiger partial charge in [-0.25, -0.2) is 4.68 Å². The van der Waals surface area contributed by atoms with E-state index in [4.69, 9.17) is 0 Å². The van der Waals surface area contributed by atoms with E-state index in [0.29, 0.717) is 18.4 Å². The highest BCUT2D eigenvalue weighted by atomic mass is 16.1. The fourth-order valence-corrected chi connectivity index (χ4v) is 1.50. The summed E-state index contributed by atoms with van der Waals surface area (Å²) in [6, 6.07) is 2.15. The van der Waals surface area contributed by atoms with Crippen molar-refractivity contribution in [3.63, 3.8) is 0 Å². The smallest absolute Gasteiger partial charge is 0.225 e. The molecule has 1 rings (SSSR count). The summed E-state index contributed by atoms with van der Waals surface area (Å²) in [4.78, 5) is 11.6. The SMILES string of the molecule is CCC(C)n1nccc1NC(=O)CC(C)C. The van der Waals surface area contributed by atoms with Crippen molar-refractivity contribution < 1.29 is 4.79 Å². The number of anilines is 1. The van der Waals surface area contributed by atoms with Crippen LogP contribution in [0.25, 0.3) is 0 Å². The molecular weight excluding hydrogens is 202 g/mol. The molecule has 1 amide bonds. The van der Waals surface area contributed by atoms with E-state index in [9.17, 15) is 4.79 Å². The third-order valence-corrected chi connectivity index (χ3v) is 2.54. The van der Waals surface area contributed by atoms with Crippen LogP contribution in [0.15, 0.2) is 12.3 Å². The second-order valence-corrected chi connectivity index (χ2v) is 4.56. The molecule has 1 aromatic rings. The highest BCUT2D eigenvalue weighted by Gasteiger charge is 2.11. The summed E-state index contributed by atoms with van der Waals surface area (Å²) in [6.07, 6.45) is 3.26. The number of hydrogen-bond acceptors (Lipinski definition) is 2. The predicted molar refractivity (Wildman–Crippen MR) is 65.3 cm³/mol. The lowest BCUT2D eigenvalue weighted by atomic mass is 10.1. The standard InChI is InChI=1S/C12H21N3O/c1-5-10(4)15-11(6-7-13-15)14-12(16)8-9(2)3/h6-7,9-10H,5,8H2,1-4H3,(H,14,16). The van der Waals surface area contributed by atoms with Crippen LogP contribution in [-0.4, -0.2) is 15.7 Å². The van der Waals surface area contributed by atoms with Crippen LogP contribution in [0.2, 0.25) is 0 Å². The highest BCUT2D eigenvalue weighted by molar-refractivity contribution is 5.89. The minimum absolute atomic E-state index is 0.0556. The van der Waals surface area contributed by atoms with E-state index in [1.807, 2.05) is 24.6 Å². The molecule has 1 unspecified atom stereocenters. The largest absolute Gasteiger partial charge is 0.311 e. The Kier molecular flexibility index (Phi) is 4.52. The van der Waals surface area contributed by atoms with E-state index < -0.39 is 0 Å². The lowest BCUT2D eigenvalue weighted by Gasteiger charge is -2.14. The third-order valence-electron chi connectivity index (χ3n) is 2.54. The molecule has 16 heavy (non-hydrogen) atoms. The summed E-state index contributed by atoms with van der Waals surface area (Å²) in [5, 5.41) is 7.12. The van der Waals surface area contributed by atoms with Gasteiger partial charge in [0.1, 0.15) is 5.82 Å². The van der Waals surface area contributed by atoms with Gasteiger partial charge in [-0.2, -0.15) is 5.10 Å². The van der Waals surface area contributed by atoms with Gasteiger partial charge in [-0.1, -0.05) is 20.8 Å². The van der Waals surface area contributed by atoms with Crippen molar-refractivity contribution in [1.29, 1.82) is 0 Å². The fourth-order valence-electron chi connectivity index (χ4n) is 1.50. The average molecular weight is 223 g/mol. The summed E-state index contributed by atoms with van der Waals surface area (Å²) >= 11 is 0. The van der Waals surface area contributed by atoms with Crippen molar-refractivity contribution in [3.8, 4) is 0 Å². The summed E-state index contributed by atoms with van der Waals surface area (Å²) in [7, 11) is 0. The lowest BCUT2D eigenvalue weighted by molar-refractivity contribution is -0.116. The van der Waals surface area contributed by atoms with E-state index in [2.05, 4.69) is 24.3 Å². The van der Waals surface area contributed by atoms with Gasteiger partial charge < -0.3 is 5.32 Å². The molecule has 0 aliphatic carbocycles. The number of nitrogens with one attached hydrogen (secondary N) is 1. The molecule has 0 aromatic carbocycles. The number of carbonyl (C=O) groups excluding carboxylic acids is 1. The first-order valence-corrected chi connectivity index (χ1v) is 5.88. The normalized spacial score (nSPS) is 12.8. The summed E-state index contributed by atoms with van der Waals surface area (Å²) in [6.45, 7) is 8.26. The maximum Gasteiger partial charge on any atom is 0.225 e. The van der Waals surface area contributed by atoms with Gasteiger partial charge in [0.15, 0.2) is 0 Å². The molecule has 0 saturated carbocycles. The van der Waals surface area contributed by atoms with Crippen LogP contribution in [0.4, 0.5) is 5.82 Å². The Morgan fingerprint density at radius 1 is 1.50 bits per heavy atom. The van der Waals surface area contributed by atoms with Gasteiger partial charge in [0.25, 0.3) is 0 Å². The van der Waals surface area contributed by atoms with Crippen molar-refractivity contribution in [3.05, 3.63) is 12.3 Å². The number of carbonyl (C=O) groups is 1. The van der Waals surface area contributed by atoms with E-state index in [1.54, 1.807) is 6.20 Å². The molecular formula is C12H21N3O. The summed E-state index contributed by atoms with van der Waals surface area (Å²) in [5.41, 5.74) is 0. The van der Waals surface area contributed by atoms with E-state index in [0.717, 1.165) is 12.2 Å². The number of amides is 1. The summed E-state index contributed by atoms with van der Waals surface area (Å²) < 4.78 is 1.86. The number of nitrogens with zero attached hydrogens (tertiary/aromatic N) is 2. The molecule has 0 bridgehead atoms. The first-order chi connectivity index (χ1) is 7.54. The second kappa shape index (κ2) is 5.68. The highest BCUT2D eigenvalue weighted by Crippen LogP contribution is 2.16. The molecule has 0 aliphatic rings. The second-order valence-electron chi connectivity index (χ2n) is 4.56. The van der Waals surface area contributed by atoms with Crippen LogP contribution in [-0.2, 0) is 4.79 Å².